The second-order valence-electron chi connectivity index (χ2n) is 9.91. The maximum atomic E-state index is 13.4. The van der Waals surface area contributed by atoms with Gasteiger partial charge in [-0.2, -0.15) is 0 Å². The van der Waals surface area contributed by atoms with Gasteiger partial charge in [-0.3, -0.25) is 13.9 Å². The first-order chi connectivity index (χ1) is 16.6. The number of hydrogen-bond donors (Lipinski definition) is 1. The number of hydrogen-bond acceptors (Lipinski definition) is 4. The van der Waals surface area contributed by atoms with E-state index in [9.17, 15) is 18.0 Å². The van der Waals surface area contributed by atoms with E-state index in [2.05, 4.69) is 5.32 Å². The minimum atomic E-state index is -3.55. The molecule has 0 saturated heterocycles. The second kappa shape index (κ2) is 12.3. The Kier molecular flexibility index (Phi) is 10.2. The van der Waals surface area contributed by atoms with Crippen molar-refractivity contribution in [3.63, 3.8) is 0 Å². The third-order valence-corrected chi connectivity index (χ3v) is 7.40. The van der Waals surface area contributed by atoms with Gasteiger partial charge in [0.05, 0.1) is 11.9 Å². The van der Waals surface area contributed by atoms with Crippen molar-refractivity contribution >= 4 is 50.7 Å². The third-order valence-electron chi connectivity index (χ3n) is 5.50. The number of halogens is 2. The van der Waals surface area contributed by atoms with E-state index in [1.54, 1.807) is 43.3 Å². The number of rotatable bonds is 10. The van der Waals surface area contributed by atoms with Crippen LogP contribution in [0.25, 0.3) is 0 Å². The zero-order valence-electron chi connectivity index (χ0n) is 21.6. The first-order valence-electron chi connectivity index (χ1n) is 11.7. The first kappa shape index (κ1) is 29.9. The van der Waals surface area contributed by atoms with Crippen molar-refractivity contribution in [1.82, 2.24) is 10.2 Å². The summed E-state index contributed by atoms with van der Waals surface area (Å²) in [5.74, 6) is -0.614. The zero-order chi connectivity index (χ0) is 27.3. The van der Waals surface area contributed by atoms with E-state index in [4.69, 9.17) is 23.2 Å². The smallest absolute Gasteiger partial charge is 0.242 e. The van der Waals surface area contributed by atoms with E-state index in [0.717, 1.165) is 11.8 Å². The number of carbonyl (C=O) groups excluding carboxylic acids is 2. The summed E-state index contributed by atoms with van der Waals surface area (Å²) >= 11 is 12.7. The molecule has 1 atom stereocenters. The van der Waals surface area contributed by atoms with Crippen LogP contribution in [0.3, 0.4) is 0 Å². The average molecular weight is 557 g/mol. The van der Waals surface area contributed by atoms with Crippen LogP contribution in [0, 0.1) is 6.92 Å². The molecule has 0 unspecified atom stereocenters. The van der Waals surface area contributed by atoms with Crippen LogP contribution in [0.5, 0.6) is 0 Å². The van der Waals surface area contributed by atoms with Crippen LogP contribution in [0.2, 0.25) is 10.0 Å². The van der Waals surface area contributed by atoms with Gasteiger partial charge < -0.3 is 10.2 Å². The molecule has 0 saturated carbocycles. The van der Waals surface area contributed by atoms with E-state index in [1.807, 2.05) is 33.8 Å². The lowest BCUT2D eigenvalue weighted by atomic mass is 10.1. The molecule has 198 valence electrons. The molecule has 0 aliphatic rings. The Morgan fingerprint density at radius 1 is 1.06 bits per heavy atom. The molecule has 10 heteroatoms. The number of aryl methyl sites for hydroxylation is 1. The van der Waals surface area contributed by atoms with Crippen LogP contribution in [0.1, 0.15) is 51.7 Å². The lowest BCUT2D eigenvalue weighted by molar-refractivity contribution is -0.141. The SMILES string of the molecule is Cc1cccc(N(CCCC(=O)N(Cc2c(Cl)cccc2Cl)[C@H](C)C(=O)NC(C)(C)C)S(C)(=O)=O)c1. The highest BCUT2D eigenvalue weighted by atomic mass is 35.5. The zero-order valence-corrected chi connectivity index (χ0v) is 24.0. The van der Waals surface area contributed by atoms with E-state index in [-0.39, 0.29) is 37.7 Å². The van der Waals surface area contributed by atoms with Crippen molar-refractivity contribution in [3.05, 3.63) is 63.6 Å². The molecule has 0 spiro atoms. The highest BCUT2D eigenvalue weighted by Crippen LogP contribution is 2.27. The van der Waals surface area contributed by atoms with E-state index in [0.29, 0.717) is 21.3 Å². The molecule has 0 aliphatic heterocycles. The third kappa shape index (κ3) is 8.68. The molecule has 2 aromatic carbocycles. The Hall–Kier alpha value is -2.29. The van der Waals surface area contributed by atoms with Crippen LogP contribution in [0.15, 0.2) is 42.5 Å². The molecule has 0 bridgehead atoms. The molecule has 7 nitrogen and oxygen atoms in total. The van der Waals surface area contributed by atoms with Gasteiger partial charge in [-0.1, -0.05) is 41.4 Å². The van der Waals surface area contributed by atoms with Crippen molar-refractivity contribution in [2.24, 2.45) is 0 Å². The standard InChI is InChI=1S/C26H35Cl2N3O4S/c1-18-10-7-11-20(16-18)31(36(6,34)35)15-9-14-24(32)30(19(2)25(33)29-26(3,4)5)17-21-22(27)12-8-13-23(21)28/h7-8,10-13,16,19H,9,14-15,17H2,1-6H3,(H,29,33)/t19-/m1/s1. The molecular formula is C26H35Cl2N3O4S. The summed E-state index contributed by atoms with van der Waals surface area (Å²) < 4.78 is 26.2. The molecule has 36 heavy (non-hydrogen) atoms. The number of amides is 2. The Labute approximate surface area is 224 Å². The summed E-state index contributed by atoms with van der Waals surface area (Å²) in [5, 5.41) is 3.69. The second-order valence-corrected chi connectivity index (χ2v) is 12.6. The average Bonchev–Trinajstić information content (AvgIpc) is 2.74. The van der Waals surface area contributed by atoms with Gasteiger partial charge in [-0.15, -0.1) is 0 Å². The van der Waals surface area contributed by atoms with E-state index < -0.39 is 21.6 Å². The van der Waals surface area contributed by atoms with Crippen molar-refractivity contribution in [2.75, 3.05) is 17.1 Å². The van der Waals surface area contributed by atoms with Crippen molar-refractivity contribution in [1.29, 1.82) is 0 Å². The minimum absolute atomic E-state index is 0.0348. The van der Waals surface area contributed by atoms with Crippen molar-refractivity contribution in [2.45, 2.75) is 65.6 Å². The topological polar surface area (TPSA) is 86.8 Å². The van der Waals surface area contributed by atoms with Gasteiger partial charge in [0.1, 0.15) is 6.04 Å². The van der Waals surface area contributed by atoms with Gasteiger partial charge in [-0.05, 0) is 70.9 Å². The summed E-state index contributed by atoms with van der Waals surface area (Å²) in [4.78, 5) is 27.8. The quantitative estimate of drug-likeness (QED) is 0.437. The summed E-state index contributed by atoms with van der Waals surface area (Å²) in [7, 11) is -3.55. The molecule has 0 fully saturated rings. The van der Waals surface area contributed by atoms with Crippen molar-refractivity contribution < 1.29 is 18.0 Å². The minimum Gasteiger partial charge on any atom is -0.350 e. The summed E-state index contributed by atoms with van der Waals surface area (Å²) in [5.41, 5.74) is 1.54. The van der Waals surface area contributed by atoms with Gasteiger partial charge >= 0.3 is 0 Å². The fourth-order valence-electron chi connectivity index (χ4n) is 3.70. The Morgan fingerprint density at radius 2 is 1.64 bits per heavy atom. The molecule has 0 radical (unpaired) electrons. The van der Waals surface area contributed by atoms with Gasteiger partial charge in [0.25, 0.3) is 0 Å². The number of benzene rings is 2. The fraction of sp³-hybridized carbons (Fsp3) is 0.462. The van der Waals surface area contributed by atoms with E-state index >= 15 is 0 Å². The van der Waals surface area contributed by atoms with Crippen LogP contribution < -0.4 is 9.62 Å². The Morgan fingerprint density at radius 3 is 2.17 bits per heavy atom. The number of nitrogens with one attached hydrogen (secondary N) is 1. The molecule has 2 rings (SSSR count). The van der Waals surface area contributed by atoms with Crippen LogP contribution in [0.4, 0.5) is 5.69 Å². The van der Waals surface area contributed by atoms with Crippen LogP contribution >= 0.6 is 23.2 Å². The Balaban J connectivity index is 2.25. The van der Waals surface area contributed by atoms with Crippen LogP contribution in [-0.2, 0) is 26.2 Å². The maximum absolute atomic E-state index is 13.4. The fourth-order valence-corrected chi connectivity index (χ4v) is 5.17. The molecule has 0 aromatic heterocycles. The number of carbonyl (C=O) groups is 2. The Bertz CT molecular complexity index is 1180. The molecular weight excluding hydrogens is 521 g/mol. The number of anilines is 1. The lowest BCUT2D eigenvalue weighted by Gasteiger charge is -2.32. The summed E-state index contributed by atoms with van der Waals surface area (Å²) in [6.45, 7) is 9.29. The van der Waals surface area contributed by atoms with E-state index in [1.165, 1.54) is 9.21 Å². The van der Waals surface area contributed by atoms with Gasteiger partial charge in [0.2, 0.25) is 21.8 Å². The normalized spacial score (nSPS) is 12.7. The first-order valence-corrected chi connectivity index (χ1v) is 14.3. The lowest BCUT2D eigenvalue weighted by Crippen LogP contribution is -2.52. The molecule has 0 heterocycles. The predicted molar refractivity (Wildman–Crippen MR) is 147 cm³/mol. The molecule has 1 N–H and O–H groups in total. The van der Waals surface area contributed by atoms with Gasteiger partial charge in [0.15, 0.2) is 0 Å². The number of sulfonamides is 1. The molecule has 2 aromatic rings. The summed E-state index contributed by atoms with van der Waals surface area (Å²) in [6, 6.07) is 11.4. The molecule has 2 amide bonds. The highest BCUT2D eigenvalue weighted by molar-refractivity contribution is 7.92. The highest BCUT2D eigenvalue weighted by Gasteiger charge is 2.29. The summed E-state index contributed by atoms with van der Waals surface area (Å²) in [6.07, 6.45) is 1.44. The predicted octanol–water partition coefficient (Wildman–Crippen LogP) is 5.18. The van der Waals surface area contributed by atoms with Gasteiger partial charge in [0, 0.05) is 40.7 Å². The largest absolute Gasteiger partial charge is 0.350 e. The van der Waals surface area contributed by atoms with Gasteiger partial charge in [-0.25, -0.2) is 8.42 Å². The monoisotopic (exact) mass is 555 g/mol. The van der Waals surface area contributed by atoms with Crippen molar-refractivity contribution in [3.8, 4) is 0 Å². The van der Waals surface area contributed by atoms with Crippen LogP contribution in [-0.4, -0.2) is 49.5 Å². The number of nitrogens with zero attached hydrogens (tertiary/aromatic N) is 2. The molecule has 0 aliphatic carbocycles. The maximum Gasteiger partial charge on any atom is 0.242 e.